The van der Waals surface area contributed by atoms with Crippen molar-refractivity contribution in [2.75, 3.05) is 26.4 Å². The van der Waals surface area contributed by atoms with E-state index in [-0.39, 0.29) is 18.5 Å². The third-order valence-electron chi connectivity index (χ3n) is 5.23. The van der Waals surface area contributed by atoms with Gasteiger partial charge in [0.05, 0.1) is 18.8 Å². The molecule has 0 aliphatic carbocycles. The van der Waals surface area contributed by atoms with Crippen LogP contribution in [0.2, 0.25) is 0 Å². The molecule has 196 valence electrons. The SMILES string of the molecule is C=C(C)C(=O)OCCCOCCCC(=O)Oc1ccc2sc3cc(C(=O)OCCC)ccc3c(=O)c2c1. The van der Waals surface area contributed by atoms with Gasteiger partial charge in [-0.15, -0.1) is 11.3 Å². The smallest absolute Gasteiger partial charge is 0.338 e. The molecule has 0 N–H and O–H groups in total. The molecule has 0 radical (unpaired) electrons. The molecular formula is C28H30O8S. The van der Waals surface area contributed by atoms with E-state index in [4.69, 9.17) is 18.9 Å². The molecule has 37 heavy (non-hydrogen) atoms. The van der Waals surface area contributed by atoms with Gasteiger partial charge in [0.2, 0.25) is 0 Å². The average Bonchev–Trinajstić information content (AvgIpc) is 2.88. The topological polar surface area (TPSA) is 105 Å². The predicted molar refractivity (Wildman–Crippen MR) is 142 cm³/mol. The summed E-state index contributed by atoms with van der Waals surface area (Å²) in [6.45, 7) is 8.38. The van der Waals surface area contributed by atoms with Crippen LogP contribution in [0.4, 0.5) is 0 Å². The van der Waals surface area contributed by atoms with E-state index in [9.17, 15) is 19.2 Å². The van der Waals surface area contributed by atoms with Gasteiger partial charge in [0.25, 0.3) is 0 Å². The van der Waals surface area contributed by atoms with Crippen molar-refractivity contribution in [1.29, 1.82) is 0 Å². The summed E-state index contributed by atoms with van der Waals surface area (Å²) in [7, 11) is 0. The van der Waals surface area contributed by atoms with Crippen molar-refractivity contribution >= 4 is 49.4 Å². The summed E-state index contributed by atoms with van der Waals surface area (Å²) >= 11 is 1.38. The highest BCUT2D eigenvalue weighted by Crippen LogP contribution is 2.28. The second-order valence-electron chi connectivity index (χ2n) is 8.40. The number of ether oxygens (including phenoxy) is 4. The Labute approximate surface area is 218 Å². The van der Waals surface area contributed by atoms with Crippen molar-refractivity contribution in [3.63, 3.8) is 0 Å². The average molecular weight is 527 g/mol. The molecule has 0 spiro atoms. The van der Waals surface area contributed by atoms with Crippen LogP contribution in [0, 0.1) is 0 Å². The zero-order valence-electron chi connectivity index (χ0n) is 21.0. The summed E-state index contributed by atoms with van der Waals surface area (Å²) in [5.41, 5.74) is 0.556. The van der Waals surface area contributed by atoms with Crippen molar-refractivity contribution in [2.24, 2.45) is 0 Å². The molecule has 0 aliphatic rings. The molecular weight excluding hydrogens is 496 g/mol. The molecule has 8 nitrogen and oxygen atoms in total. The number of hydrogen-bond acceptors (Lipinski definition) is 9. The Morgan fingerprint density at radius 2 is 1.68 bits per heavy atom. The Bertz CT molecular complexity index is 1360. The van der Waals surface area contributed by atoms with Crippen molar-refractivity contribution in [2.45, 2.75) is 39.5 Å². The Morgan fingerprint density at radius 1 is 0.892 bits per heavy atom. The molecule has 3 aromatic rings. The molecule has 0 fully saturated rings. The predicted octanol–water partition coefficient (Wildman–Crippen LogP) is 5.19. The fourth-order valence-corrected chi connectivity index (χ4v) is 4.45. The Morgan fingerprint density at radius 3 is 2.43 bits per heavy atom. The Kier molecular flexibility index (Phi) is 10.3. The van der Waals surface area contributed by atoms with E-state index < -0.39 is 17.9 Å². The summed E-state index contributed by atoms with van der Waals surface area (Å²) in [5.74, 6) is -0.972. The maximum atomic E-state index is 13.1. The van der Waals surface area contributed by atoms with E-state index in [0.29, 0.717) is 65.0 Å². The van der Waals surface area contributed by atoms with Gasteiger partial charge in [0, 0.05) is 51.8 Å². The summed E-state index contributed by atoms with van der Waals surface area (Å²) in [5, 5.41) is 0.930. The van der Waals surface area contributed by atoms with E-state index in [2.05, 4.69) is 6.58 Å². The van der Waals surface area contributed by atoms with Crippen LogP contribution in [0.1, 0.15) is 49.9 Å². The molecule has 0 bridgehead atoms. The highest BCUT2D eigenvalue weighted by Gasteiger charge is 2.13. The highest BCUT2D eigenvalue weighted by molar-refractivity contribution is 7.24. The quantitative estimate of drug-likeness (QED) is 0.0985. The van der Waals surface area contributed by atoms with Gasteiger partial charge in [0.1, 0.15) is 5.75 Å². The Hall–Kier alpha value is -3.56. The van der Waals surface area contributed by atoms with Crippen LogP contribution >= 0.6 is 11.3 Å². The van der Waals surface area contributed by atoms with E-state index in [1.165, 1.54) is 11.3 Å². The summed E-state index contributed by atoms with van der Waals surface area (Å²) in [4.78, 5) is 48.7. The number of rotatable bonds is 13. The maximum absolute atomic E-state index is 13.1. The van der Waals surface area contributed by atoms with Crippen LogP contribution in [-0.4, -0.2) is 44.3 Å². The first-order valence-electron chi connectivity index (χ1n) is 12.1. The van der Waals surface area contributed by atoms with Gasteiger partial charge in [-0.2, -0.15) is 0 Å². The van der Waals surface area contributed by atoms with Gasteiger partial charge in [-0.05, 0) is 56.2 Å². The zero-order chi connectivity index (χ0) is 26.8. The lowest BCUT2D eigenvalue weighted by atomic mass is 10.1. The van der Waals surface area contributed by atoms with Crippen molar-refractivity contribution in [3.05, 3.63) is 64.3 Å². The van der Waals surface area contributed by atoms with Crippen LogP contribution in [0.5, 0.6) is 5.75 Å². The van der Waals surface area contributed by atoms with Gasteiger partial charge < -0.3 is 18.9 Å². The fraction of sp³-hybridized carbons (Fsp3) is 0.357. The van der Waals surface area contributed by atoms with Crippen molar-refractivity contribution in [1.82, 2.24) is 0 Å². The molecule has 2 aromatic carbocycles. The molecule has 1 aromatic heterocycles. The number of fused-ring (bicyclic) bond motifs is 2. The number of hydrogen-bond donors (Lipinski definition) is 0. The van der Waals surface area contributed by atoms with E-state index in [1.54, 1.807) is 43.3 Å². The first-order valence-corrected chi connectivity index (χ1v) is 12.9. The monoisotopic (exact) mass is 526 g/mol. The minimum Gasteiger partial charge on any atom is -0.462 e. The number of benzene rings is 2. The van der Waals surface area contributed by atoms with Gasteiger partial charge >= 0.3 is 17.9 Å². The van der Waals surface area contributed by atoms with Crippen LogP contribution in [-0.2, 0) is 23.8 Å². The lowest BCUT2D eigenvalue weighted by Gasteiger charge is -2.08. The molecule has 0 saturated heterocycles. The third kappa shape index (κ3) is 7.96. The highest BCUT2D eigenvalue weighted by atomic mass is 32.1. The lowest BCUT2D eigenvalue weighted by Crippen LogP contribution is -2.11. The van der Waals surface area contributed by atoms with E-state index >= 15 is 0 Å². The Balaban J connectivity index is 1.53. The second-order valence-corrected chi connectivity index (χ2v) is 9.48. The molecule has 0 saturated carbocycles. The summed E-state index contributed by atoms with van der Waals surface area (Å²) in [6.07, 6.45) is 1.91. The summed E-state index contributed by atoms with van der Waals surface area (Å²) in [6, 6.07) is 9.82. The number of carbonyl (C=O) groups excluding carboxylic acids is 3. The van der Waals surface area contributed by atoms with E-state index in [0.717, 1.165) is 11.1 Å². The largest absolute Gasteiger partial charge is 0.462 e. The van der Waals surface area contributed by atoms with Gasteiger partial charge in [0.15, 0.2) is 5.43 Å². The third-order valence-corrected chi connectivity index (χ3v) is 6.36. The number of carbonyl (C=O) groups is 3. The van der Waals surface area contributed by atoms with Gasteiger partial charge in [-0.1, -0.05) is 13.5 Å². The fourth-order valence-electron chi connectivity index (χ4n) is 3.35. The molecule has 0 unspecified atom stereocenters. The van der Waals surface area contributed by atoms with Gasteiger partial charge in [-0.3, -0.25) is 9.59 Å². The zero-order valence-corrected chi connectivity index (χ0v) is 21.8. The van der Waals surface area contributed by atoms with E-state index in [1.807, 2.05) is 6.92 Å². The minimum atomic E-state index is -0.425. The molecule has 9 heteroatoms. The molecule has 0 amide bonds. The first-order chi connectivity index (χ1) is 17.8. The first kappa shape index (κ1) is 28.0. The molecule has 0 aliphatic heterocycles. The normalized spacial score (nSPS) is 10.9. The molecule has 3 rings (SSSR count). The maximum Gasteiger partial charge on any atom is 0.338 e. The van der Waals surface area contributed by atoms with Gasteiger partial charge in [-0.25, -0.2) is 9.59 Å². The molecule has 0 atom stereocenters. The number of esters is 3. The van der Waals surface area contributed by atoms with Crippen molar-refractivity contribution in [3.8, 4) is 5.75 Å². The summed E-state index contributed by atoms with van der Waals surface area (Å²) < 4.78 is 22.4. The van der Waals surface area contributed by atoms with Crippen LogP contribution < -0.4 is 10.2 Å². The van der Waals surface area contributed by atoms with Crippen molar-refractivity contribution < 1.29 is 33.3 Å². The van der Waals surface area contributed by atoms with Crippen LogP contribution in [0.3, 0.4) is 0 Å². The minimum absolute atomic E-state index is 0.157. The standard InChI is InChI=1S/C28H30O8S/c1-4-12-34-28(32)19-8-10-21-24(16-19)37-23-11-9-20(17-22(23)26(21)30)36-25(29)7-5-13-33-14-6-15-35-27(31)18(2)3/h8-11,16-17H,2,4-7,12-15H2,1,3H3. The van der Waals surface area contributed by atoms with Crippen LogP contribution in [0.25, 0.3) is 20.2 Å². The lowest BCUT2D eigenvalue weighted by molar-refractivity contribution is -0.139. The second kappa shape index (κ2) is 13.7. The van der Waals surface area contributed by atoms with Crippen LogP contribution in [0.15, 0.2) is 53.3 Å². The molecule has 1 heterocycles.